The Morgan fingerprint density at radius 3 is 2.45 bits per heavy atom. The maximum atomic E-state index is 9.38. The van der Waals surface area contributed by atoms with E-state index in [0.29, 0.717) is 13.0 Å². The number of nitrogens with zero attached hydrogens (tertiary/aromatic N) is 2. The minimum Gasteiger partial charge on any atom is -0.494 e. The molecule has 3 heteroatoms. The molecule has 0 heterocycles. The van der Waals surface area contributed by atoms with Crippen molar-refractivity contribution in [2.45, 2.75) is 19.3 Å². The highest BCUT2D eigenvalue weighted by atomic mass is 16.5. The first-order chi connectivity index (χ1) is 10.6. The number of ether oxygens (including phenoxy) is 1. The second kappa shape index (κ2) is 7.51. The van der Waals surface area contributed by atoms with Crippen LogP contribution >= 0.6 is 0 Å². The molecule has 1 unspecified atom stereocenters. The Balaban J connectivity index is 1.93. The van der Waals surface area contributed by atoms with Gasteiger partial charge in [0.1, 0.15) is 5.75 Å². The molecule has 2 aromatic carbocycles. The third-order valence-electron chi connectivity index (χ3n) is 3.63. The Hall–Kier alpha value is -2.47. The van der Waals surface area contributed by atoms with Crippen molar-refractivity contribution in [3.63, 3.8) is 0 Å². The van der Waals surface area contributed by atoms with Gasteiger partial charge < -0.3 is 9.64 Å². The maximum Gasteiger partial charge on any atom is 0.119 e. The van der Waals surface area contributed by atoms with Crippen LogP contribution < -0.4 is 9.64 Å². The molecular formula is C19H22N2O. The quantitative estimate of drug-likeness (QED) is 0.803. The molecule has 1 atom stereocenters. The van der Waals surface area contributed by atoms with Crippen LogP contribution in [-0.2, 0) is 0 Å². The lowest BCUT2D eigenvalue weighted by Crippen LogP contribution is -2.09. The van der Waals surface area contributed by atoms with E-state index in [-0.39, 0.29) is 5.92 Å². The molecule has 0 amide bonds. The van der Waals surface area contributed by atoms with Crippen LogP contribution in [0, 0.1) is 18.3 Å². The van der Waals surface area contributed by atoms with Crippen LogP contribution in [0.15, 0.2) is 48.5 Å². The van der Waals surface area contributed by atoms with E-state index in [4.69, 9.17) is 4.74 Å². The molecule has 0 aromatic heterocycles. The smallest absolute Gasteiger partial charge is 0.119 e. The minimum atomic E-state index is -0.138. The Morgan fingerprint density at radius 1 is 1.14 bits per heavy atom. The average Bonchev–Trinajstić information content (AvgIpc) is 2.52. The lowest BCUT2D eigenvalue weighted by atomic mass is 9.97. The van der Waals surface area contributed by atoms with Gasteiger partial charge in [-0.25, -0.2) is 0 Å². The molecule has 22 heavy (non-hydrogen) atoms. The highest BCUT2D eigenvalue weighted by Crippen LogP contribution is 2.22. The van der Waals surface area contributed by atoms with Crippen molar-refractivity contribution in [3.05, 3.63) is 59.7 Å². The van der Waals surface area contributed by atoms with Gasteiger partial charge in [-0.05, 0) is 42.3 Å². The summed E-state index contributed by atoms with van der Waals surface area (Å²) in [5.74, 6) is 0.723. The van der Waals surface area contributed by atoms with Crippen molar-refractivity contribution in [2.75, 3.05) is 25.6 Å². The summed E-state index contributed by atoms with van der Waals surface area (Å²) < 4.78 is 5.74. The standard InChI is InChI=1S/C19H22N2O/c1-15-5-4-6-19(13-15)22-12-11-17(14-20)16-7-9-18(10-8-16)21(2)3/h4-10,13,17H,11-12H2,1-3H3. The average molecular weight is 294 g/mol. The first-order valence-electron chi connectivity index (χ1n) is 7.46. The number of hydrogen-bond acceptors (Lipinski definition) is 3. The third-order valence-corrected chi connectivity index (χ3v) is 3.63. The number of nitriles is 1. The summed E-state index contributed by atoms with van der Waals surface area (Å²) in [6.45, 7) is 2.58. The fourth-order valence-corrected chi connectivity index (χ4v) is 2.31. The van der Waals surface area contributed by atoms with Gasteiger partial charge in [-0.15, -0.1) is 0 Å². The van der Waals surface area contributed by atoms with Gasteiger partial charge in [0.2, 0.25) is 0 Å². The summed E-state index contributed by atoms with van der Waals surface area (Å²) in [6, 6.07) is 18.5. The summed E-state index contributed by atoms with van der Waals surface area (Å²) in [6.07, 6.45) is 0.686. The van der Waals surface area contributed by atoms with Crippen LogP contribution in [0.2, 0.25) is 0 Å². The molecule has 2 rings (SSSR count). The molecule has 0 radical (unpaired) electrons. The van der Waals surface area contributed by atoms with Gasteiger partial charge in [0.15, 0.2) is 0 Å². The van der Waals surface area contributed by atoms with Gasteiger partial charge in [-0.3, -0.25) is 0 Å². The second-order valence-corrected chi connectivity index (χ2v) is 5.62. The van der Waals surface area contributed by atoms with Crippen molar-refractivity contribution in [1.82, 2.24) is 0 Å². The van der Waals surface area contributed by atoms with Crippen LogP contribution in [-0.4, -0.2) is 20.7 Å². The Bertz CT molecular complexity index is 641. The van der Waals surface area contributed by atoms with E-state index in [1.807, 2.05) is 74.4 Å². The first kappa shape index (κ1) is 15.9. The summed E-state index contributed by atoms with van der Waals surface area (Å²) >= 11 is 0. The third kappa shape index (κ3) is 4.26. The summed E-state index contributed by atoms with van der Waals surface area (Å²) in [5, 5.41) is 9.38. The topological polar surface area (TPSA) is 36.3 Å². The Kier molecular flexibility index (Phi) is 5.43. The predicted octanol–water partition coefficient (Wildman–Crippen LogP) is 4.14. The highest BCUT2D eigenvalue weighted by Gasteiger charge is 2.11. The molecule has 0 aliphatic carbocycles. The Morgan fingerprint density at radius 2 is 1.86 bits per heavy atom. The van der Waals surface area contributed by atoms with E-state index in [0.717, 1.165) is 17.0 Å². The molecule has 0 saturated carbocycles. The zero-order valence-corrected chi connectivity index (χ0v) is 13.4. The van der Waals surface area contributed by atoms with Crippen molar-refractivity contribution in [1.29, 1.82) is 5.26 Å². The monoisotopic (exact) mass is 294 g/mol. The number of aryl methyl sites for hydroxylation is 1. The van der Waals surface area contributed by atoms with Crippen LogP contribution in [0.5, 0.6) is 5.75 Å². The van der Waals surface area contributed by atoms with Crippen LogP contribution in [0.25, 0.3) is 0 Å². The summed E-state index contributed by atoms with van der Waals surface area (Å²) in [4.78, 5) is 2.05. The van der Waals surface area contributed by atoms with Crippen LogP contribution in [0.4, 0.5) is 5.69 Å². The summed E-state index contributed by atoms with van der Waals surface area (Å²) in [5.41, 5.74) is 3.35. The van der Waals surface area contributed by atoms with Gasteiger partial charge in [-0.2, -0.15) is 5.26 Å². The normalized spacial score (nSPS) is 11.5. The molecule has 2 aromatic rings. The lowest BCUT2D eigenvalue weighted by Gasteiger charge is -2.15. The fraction of sp³-hybridized carbons (Fsp3) is 0.316. The van der Waals surface area contributed by atoms with Gasteiger partial charge >= 0.3 is 0 Å². The maximum absolute atomic E-state index is 9.38. The molecule has 0 aliphatic heterocycles. The van der Waals surface area contributed by atoms with E-state index in [1.54, 1.807) is 0 Å². The first-order valence-corrected chi connectivity index (χ1v) is 7.46. The molecule has 0 N–H and O–H groups in total. The van der Waals surface area contributed by atoms with E-state index in [9.17, 15) is 5.26 Å². The predicted molar refractivity (Wildman–Crippen MR) is 90.4 cm³/mol. The molecule has 0 bridgehead atoms. The van der Waals surface area contributed by atoms with Crippen LogP contribution in [0.3, 0.4) is 0 Å². The minimum absolute atomic E-state index is 0.138. The zero-order valence-electron chi connectivity index (χ0n) is 13.4. The fourth-order valence-electron chi connectivity index (χ4n) is 2.31. The molecule has 0 spiro atoms. The SMILES string of the molecule is Cc1cccc(OCCC(C#N)c2ccc(N(C)C)cc2)c1. The van der Waals surface area contributed by atoms with Crippen molar-refractivity contribution >= 4 is 5.69 Å². The summed E-state index contributed by atoms with van der Waals surface area (Å²) in [7, 11) is 4.01. The van der Waals surface area contributed by atoms with Crippen molar-refractivity contribution in [2.24, 2.45) is 0 Å². The largest absolute Gasteiger partial charge is 0.494 e. The molecule has 0 fully saturated rings. The molecule has 3 nitrogen and oxygen atoms in total. The highest BCUT2D eigenvalue weighted by molar-refractivity contribution is 5.47. The molecule has 0 saturated heterocycles. The van der Waals surface area contributed by atoms with Crippen molar-refractivity contribution < 1.29 is 4.74 Å². The lowest BCUT2D eigenvalue weighted by molar-refractivity contribution is 0.306. The molecular weight excluding hydrogens is 272 g/mol. The molecule has 0 aliphatic rings. The number of hydrogen-bond donors (Lipinski definition) is 0. The van der Waals surface area contributed by atoms with E-state index in [2.05, 4.69) is 6.07 Å². The van der Waals surface area contributed by atoms with Crippen LogP contribution in [0.1, 0.15) is 23.5 Å². The van der Waals surface area contributed by atoms with Gasteiger partial charge in [-0.1, -0.05) is 24.3 Å². The van der Waals surface area contributed by atoms with Gasteiger partial charge in [0.25, 0.3) is 0 Å². The second-order valence-electron chi connectivity index (χ2n) is 5.62. The van der Waals surface area contributed by atoms with E-state index < -0.39 is 0 Å². The van der Waals surface area contributed by atoms with Gasteiger partial charge in [0, 0.05) is 26.2 Å². The van der Waals surface area contributed by atoms with E-state index >= 15 is 0 Å². The number of rotatable bonds is 6. The Labute approximate surface area is 132 Å². The van der Waals surface area contributed by atoms with E-state index in [1.165, 1.54) is 5.56 Å². The number of benzene rings is 2. The van der Waals surface area contributed by atoms with Gasteiger partial charge in [0.05, 0.1) is 18.6 Å². The zero-order chi connectivity index (χ0) is 15.9. The molecule has 114 valence electrons. The number of anilines is 1. The van der Waals surface area contributed by atoms with Crippen molar-refractivity contribution in [3.8, 4) is 11.8 Å².